The summed E-state index contributed by atoms with van der Waals surface area (Å²) in [5.74, 6) is 0. The second-order valence-corrected chi connectivity index (χ2v) is 35.4. The molecule has 0 saturated carbocycles. The monoisotopic (exact) mass is 1510 g/mol. The molecule has 19 aromatic rings. The molecule has 2 atom stereocenters. The van der Waals surface area contributed by atoms with Crippen molar-refractivity contribution >= 4 is 101 Å². The lowest BCUT2D eigenvalue weighted by Crippen LogP contribution is -2.38. The maximum Gasteiger partial charge on any atom is 0.0765 e. The van der Waals surface area contributed by atoms with Crippen molar-refractivity contribution < 1.29 is 0 Å². The van der Waals surface area contributed by atoms with Gasteiger partial charge in [0.25, 0.3) is 0 Å². The normalized spacial score (nSPS) is 16.6. The highest BCUT2D eigenvalue weighted by atomic mass is 32.2. The van der Waals surface area contributed by atoms with E-state index in [1.807, 2.05) is 23.5 Å². The van der Waals surface area contributed by atoms with Gasteiger partial charge in [0.2, 0.25) is 0 Å². The van der Waals surface area contributed by atoms with E-state index in [1.54, 1.807) is 0 Å². The van der Waals surface area contributed by atoms with Crippen LogP contribution < -0.4 is 9.80 Å². The van der Waals surface area contributed by atoms with Gasteiger partial charge in [-0.1, -0.05) is 324 Å². The number of nitrogens with zero attached hydrogens (tertiary/aromatic N) is 4. The predicted molar refractivity (Wildman–Crippen MR) is 482 cm³/mol. The molecule has 6 aliphatic rings. The highest BCUT2D eigenvalue weighted by Crippen LogP contribution is 2.66. The molecule has 6 heteroatoms. The van der Waals surface area contributed by atoms with Gasteiger partial charge in [0.1, 0.15) is 0 Å². The molecule has 2 unspecified atom stereocenters. The molecule has 4 aliphatic heterocycles. The van der Waals surface area contributed by atoms with Gasteiger partial charge in [0.05, 0.1) is 61.3 Å². The minimum atomic E-state index is -0.695. The van der Waals surface area contributed by atoms with Gasteiger partial charge in [-0.2, -0.15) is 0 Å². The van der Waals surface area contributed by atoms with Crippen LogP contribution in [0.5, 0.6) is 0 Å². The van der Waals surface area contributed by atoms with E-state index in [1.165, 1.54) is 164 Å². The van der Waals surface area contributed by atoms with Crippen molar-refractivity contribution in [1.82, 2.24) is 9.13 Å². The zero-order valence-electron chi connectivity index (χ0n) is 64.4. The molecule has 17 aromatic carbocycles. The van der Waals surface area contributed by atoms with E-state index in [4.69, 9.17) is 0 Å². The Hall–Kier alpha value is -13.4. The molecule has 4 nitrogen and oxygen atoms in total. The van der Waals surface area contributed by atoms with Gasteiger partial charge in [-0.3, -0.25) is 0 Å². The number of benzene rings is 17. The first-order chi connectivity index (χ1) is 57.1. The number of anilines is 6. The summed E-state index contributed by atoms with van der Waals surface area (Å²) in [6.07, 6.45) is 0. The average molecular weight is 1520 g/mol. The highest BCUT2D eigenvalue weighted by Gasteiger charge is 2.53. The van der Waals surface area contributed by atoms with Crippen molar-refractivity contribution in [3.8, 4) is 55.9 Å². The van der Waals surface area contributed by atoms with E-state index >= 15 is 0 Å². The summed E-state index contributed by atoms with van der Waals surface area (Å²) >= 11 is 3.83. The Morgan fingerprint density at radius 2 is 0.638 bits per heavy atom. The third-order valence-corrected chi connectivity index (χ3v) is 29.4. The second-order valence-electron chi connectivity index (χ2n) is 33.3. The molecule has 0 fully saturated rings. The molecule has 116 heavy (non-hydrogen) atoms. The summed E-state index contributed by atoms with van der Waals surface area (Å²) in [6.45, 7) is 9.58. The van der Waals surface area contributed by atoms with Crippen molar-refractivity contribution in [1.29, 1.82) is 0 Å². The SMILES string of the molecule is CC1(C)c2ccccc2-c2ccc(N(c3ccccc3)c3cccc4c3Sc3ccccc3C43c4ccccc4-n4c5ccc(-c6cccc(-c7ccccc7N(c7ccc8c(c7)C(C)(C)c7ccccc7-8)c7cccc8c7Sc7ccccc7C87c8ccccc8-n8c9ccccc9c9cccc7c98)c6)cc5c5cccc3c54)cc21. The molecule has 25 rings (SSSR count). The van der Waals surface area contributed by atoms with Gasteiger partial charge < -0.3 is 18.9 Å². The first-order valence-electron chi connectivity index (χ1n) is 40.5. The van der Waals surface area contributed by atoms with Crippen LogP contribution >= 0.6 is 23.5 Å². The fourth-order valence-corrected chi connectivity index (χ4v) is 24.7. The molecule has 0 radical (unpaired) electrons. The fraction of sp³-hybridized carbons (Fsp3) is 0.0727. The lowest BCUT2D eigenvalue weighted by Gasteiger charge is -2.46. The Kier molecular flexibility index (Phi) is 13.7. The Bertz CT molecular complexity index is 7520. The second kappa shape index (κ2) is 24.1. The lowest BCUT2D eigenvalue weighted by molar-refractivity contribution is 0.660. The first-order valence-corrected chi connectivity index (χ1v) is 42.2. The molecule has 0 N–H and O–H groups in total. The van der Waals surface area contributed by atoms with Crippen LogP contribution in [0.25, 0.3) is 99.5 Å². The molecule has 0 amide bonds. The molecule has 2 aliphatic carbocycles. The number of rotatable bonds is 8. The summed E-state index contributed by atoms with van der Waals surface area (Å²) in [4.78, 5) is 10.1. The molecule has 0 saturated heterocycles. The van der Waals surface area contributed by atoms with E-state index in [0.717, 1.165) is 56.4 Å². The maximum atomic E-state index is 2.61. The number of para-hydroxylation sites is 7. The van der Waals surface area contributed by atoms with Crippen molar-refractivity contribution in [2.45, 2.75) is 68.9 Å². The minimum Gasteiger partial charge on any atom is -0.309 e. The minimum absolute atomic E-state index is 0.173. The predicted octanol–water partition coefficient (Wildman–Crippen LogP) is 29.1. The molecule has 546 valence electrons. The first kappa shape index (κ1) is 66.1. The summed E-state index contributed by atoms with van der Waals surface area (Å²) in [5.41, 5.74) is 37.8. The summed E-state index contributed by atoms with van der Waals surface area (Å²) < 4.78 is 5.14. The standard InChI is InChI=1S/C110H74N4S2/c1-107(2)82-39-12-8-34-74(82)76-60-58-71(65-92(76)107)111(70-31-6-5-7-32-70)99-53-27-47-90-105(99)115-101-55-22-16-43-86(101)110(90)85-42-15-21-52-98(85)114-96-62-57-68(64-81(96)80-38-26-46-89(110)104(80)114)67-29-24-30-69(63-67)73-33-10-18-49-94(73)112(72-59-61-77-75-35-9-13-40-83(75)108(3,4)93(77)66-72)100-54-28-48-91-106(100)116-102-56-23-17-44-87(102)109(91)84-41-14-20-51-97(84)113-95-50-19-11-36-78(95)79-37-25-45-88(109)103(79)113/h5-66H,1-4H3. The Balaban J connectivity index is 0.662. The zero-order chi connectivity index (χ0) is 76.7. The lowest BCUT2D eigenvalue weighted by atomic mass is 9.62. The van der Waals surface area contributed by atoms with E-state index in [2.05, 4.69) is 423 Å². The summed E-state index contributed by atoms with van der Waals surface area (Å²) in [6, 6.07) is 144. The van der Waals surface area contributed by atoms with Gasteiger partial charge >= 0.3 is 0 Å². The van der Waals surface area contributed by atoms with Crippen LogP contribution in [-0.2, 0) is 21.7 Å². The zero-order valence-corrected chi connectivity index (χ0v) is 66.0. The third-order valence-electron chi connectivity index (χ3n) is 27.0. The van der Waals surface area contributed by atoms with Crippen molar-refractivity contribution in [3.63, 3.8) is 0 Å². The molecule has 6 heterocycles. The Labute approximate surface area is 682 Å². The van der Waals surface area contributed by atoms with Crippen LogP contribution in [0.2, 0.25) is 0 Å². The Morgan fingerprint density at radius 3 is 1.24 bits per heavy atom. The number of hydrogen-bond acceptors (Lipinski definition) is 4. The van der Waals surface area contributed by atoms with Gasteiger partial charge in [-0.25, -0.2) is 0 Å². The van der Waals surface area contributed by atoms with Gasteiger partial charge in [0, 0.05) is 74.6 Å². The molecule has 0 bridgehead atoms. The van der Waals surface area contributed by atoms with Crippen molar-refractivity contribution in [3.05, 3.63) is 443 Å². The third kappa shape index (κ3) is 8.66. The smallest absolute Gasteiger partial charge is 0.0765 e. The molecular formula is C110H74N4S2. The van der Waals surface area contributed by atoms with E-state index in [9.17, 15) is 0 Å². The van der Waals surface area contributed by atoms with Gasteiger partial charge in [-0.15, -0.1) is 0 Å². The number of fused-ring (bicyclic) bond motifs is 28. The molecule has 2 spiro atoms. The fourth-order valence-electron chi connectivity index (χ4n) is 22.1. The van der Waals surface area contributed by atoms with Gasteiger partial charge in [-0.05, 0) is 209 Å². The van der Waals surface area contributed by atoms with Crippen LogP contribution in [0.1, 0.15) is 94.5 Å². The molecule has 2 aromatic heterocycles. The van der Waals surface area contributed by atoms with Crippen molar-refractivity contribution in [2.75, 3.05) is 9.80 Å². The van der Waals surface area contributed by atoms with E-state index in [0.29, 0.717) is 0 Å². The summed E-state index contributed by atoms with van der Waals surface area (Å²) in [7, 11) is 0. The summed E-state index contributed by atoms with van der Waals surface area (Å²) in [5, 5.41) is 4.99. The Morgan fingerprint density at radius 1 is 0.233 bits per heavy atom. The van der Waals surface area contributed by atoms with Crippen LogP contribution in [0, 0.1) is 0 Å². The number of aromatic nitrogens is 2. The average Bonchev–Trinajstić information content (AvgIpc) is 1.36. The van der Waals surface area contributed by atoms with Gasteiger partial charge in [0.15, 0.2) is 0 Å². The topological polar surface area (TPSA) is 16.3 Å². The molecular weight excluding hydrogens is 1440 g/mol. The van der Waals surface area contributed by atoms with Crippen LogP contribution in [0.3, 0.4) is 0 Å². The van der Waals surface area contributed by atoms with Crippen LogP contribution in [0.15, 0.2) is 396 Å². The van der Waals surface area contributed by atoms with E-state index in [-0.39, 0.29) is 10.8 Å². The van der Waals surface area contributed by atoms with Crippen LogP contribution in [-0.4, -0.2) is 9.13 Å². The highest BCUT2D eigenvalue weighted by molar-refractivity contribution is 8.00. The maximum absolute atomic E-state index is 2.61. The largest absolute Gasteiger partial charge is 0.309 e. The quantitative estimate of drug-likeness (QED) is 0.151. The van der Waals surface area contributed by atoms with Crippen molar-refractivity contribution in [2.24, 2.45) is 0 Å². The van der Waals surface area contributed by atoms with E-state index < -0.39 is 10.8 Å². The van der Waals surface area contributed by atoms with Crippen LogP contribution in [0.4, 0.5) is 34.1 Å². The number of hydrogen-bond donors (Lipinski definition) is 0.